The highest BCUT2D eigenvalue weighted by atomic mass is 16.5. The van der Waals surface area contributed by atoms with E-state index in [4.69, 9.17) is 9.15 Å². The van der Waals surface area contributed by atoms with Crippen molar-refractivity contribution < 1.29 is 23.8 Å². The molecule has 0 spiro atoms. The van der Waals surface area contributed by atoms with Crippen molar-refractivity contribution in [3.8, 4) is 0 Å². The van der Waals surface area contributed by atoms with E-state index < -0.39 is 11.0 Å². The maximum atomic E-state index is 12.4. The van der Waals surface area contributed by atoms with Crippen molar-refractivity contribution in [1.82, 2.24) is 0 Å². The van der Waals surface area contributed by atoms with Gasteiger partial charge < -0.3 is 14.3 Å². The van der Waals surface area contributed by atoms with Crippen LogP contribution in [0.25, 0.3) is 0 Å². The lowest BCUT2D eigenvalue weighted by atomic mass is 9.42. The highest BCUT2D eigenvalue weighted by molar-refractivity contribution is 5.79. The molecule has 4 saturated carbocycles. The molecule has 0 aliphatic heterocycles. The average molecular weight is 443 g/mol. The Bertz CT molecular complexity index is 978. The number of hydrogen-bond donors (Lipinski definition) is 1. The minimum atomic E-state index is -0.884. The second-order valence-electron chi connectivity index (χ2n) is 11.3. The van der Waals surface area contributed by atoms with E-state index in [1.165, 1.54) is 19.3 Å². The van der Waals surface area contributed by atoms with Crippen molar-refractivity contribution in [2.24, 2.45) is 28.6 Å². The van der Waals surface area contributed by atoms with E-state index in [1.807, 2.05) is 6.07 Å². The molecular formula is C26H34O6. The molecular weight excluding hydrogens is 408 g/mol. The topological polar surface area (TPSA) is 93.8 Å². The molecule has 0 aromatic carbocycles. The molecule has 8 atom stereocenters. The molecule has 0 bridgehead atoms. The van der Waals surface area contributed by atoms with Crippen molar-refractivity contribution >= 4 is 11.8 Å². The van der Waals surface area contributed by atoms with Gasteiger partial charge in [-0.3, -0.25) is 9.59 Å². The summed E-state index contributed by atoms with van der Waals surface area (Å²) in [6.07, 6.45) is 7.05. The van der Waals surface area contributed by atoms with Crippen LogP contribution in [0.1, 0.15) is 83.6 Å². The zero-order valence-corrected chi connectivity index (χ0v) is 19.3. The first-order valence-electron chi connectivity index (χ1n) is 12.1. The van der Waals surface area contributed by atoms with Crippen LogP contribution < -0.4 is 5.63 Å². The number of ether oxygens (including phenoxy) is 1. The van der Waals surface area contributed by atoms with Crippen LogP contribution in [0.15, 0.2) is 27.6 Å². The average Bonchev–Trinajstić information content (AvgIpc) is 3.00. The maximum Gasteiger partial charge on any atom is 0.335 e. The Hall–Kier alpha value is -1.95. The lowest BCUT2D eigenvalue weighted by molar-refractivity contribution is -0.241. The molecule has 4 aliphatic rings. The van der Waals surface area contributed by atoms with E-state index in [0.29, 0.717) is 31.5 Å². The summed E-state index contributed by atoms with van der Waals surface area (Å²) >= 11 is 0. The second-order valence-corrected chi connectivity index (χ2v) is 11.3. The van der Waals surface area contributed by atoms with Gasteiger partial charge in [0.05, 0.1) is 11.9 Å². The first-order chi connectivity index (χ1) is 15.1. The molecule has 1 aromatic rings. The largest absolute Gasteiger partial charge is 0.462 e. The number of ketones is 1. The summed E-state index contributed by atoms with van der Waals surface area (Å²) in [5, 5.41) is 12.4. The molecule has 32 heavy (non-hydrogen) atoms. The Morgan fingerprint density at radius 2 is 1.94 bits per heavy atom. The Morgan fingerprint density at radius 3 is 2.62 bits per heavy atom. The van der Waals surface area contributed by atoms with Gasteiger partial charge in [-0.15, -0.1) is 0 Å². The van der Waals surface area contributed by atoms with Crippen LogP contribution in [0.2, 0.25) is 0 Å². The summed E-state index contributed by atoms with van der Waals surface area (Å²) in [6.45, 7) is 5.85. The molecule has 1 heterocycles. The number of carbonyl (C=O) groups is 2. The fourth-order valence-corrected chi connectivity index (χ4v) is 8.51. The fourth-order valence-electron chi connectivity index (χ4n) is 8.51. The van der Waals surface area contributed by atoms with Crippen molar-refractivity contribution in [2.75, 3.05) is 0 Å². The van der Waals surface area contributed by atoms with Crippen molar-refractivity contribution in [1.29, 1.82) is 0 Å². The molecule has 2 unspecified atom stereocenters. The zero-order chi connectivity index (χ0) is 22.9. The molecule has 174 valence electrons. The van der Waals surface area contributed by atoms with Gasteiger partial charge in [-0.2, -0.15) is 0 Å². The second kappa shape index (κ2) is 7.28. The highest BCUT2D eigenvalue weighted by Crippen LogP contribution is 2.70. The van der Waals surface area contributed by atoms with Gasteiger partial charge in [-0.1, -0.05) is 13.8 Å². The lowest BCUT2D eigenvalue weighted by Crippen LogP contribution is -2.66. The smallest absolute Gasteiger partial charge is 0.335 e. The zero-order valence-electron chi connectivity index (χ0n) is 19.3. The quantitative estimate of drug-likeness (QED) is 0.696. The van der Waals surface area contributed by atoms with Crippen LogP contribution in [-0.4, -0.2) is 28.6 Å². The summed E-state index contributed by atoms with van der Waals surface area (Å²) in [6, 6.07) is 3.25. The van der Waals surface area contributed by atoms with Gasteiger partial charge in [0.25, 0.3) is 0 Å². The van der Waals surface area contributed by atoms with Crippen molar-refractivity contribution in [3.05, 3.63) is 34.4 Å². The molecule has 0 radical (unpaired) electrons. The normalized spacial score (nSPS) is 45.5. The number of rotatable bonds is 2. The Labute approximate surface area is 188 Å². The monoisotopic (exact) mass is 442 g/mol. The van der Waals surface area contributed by atoms with Gasteiger partial charge in [-0.05, 0) is 73.3 Å². The fraction of sp³-hybridized carbons (Fsp3) is 0.731. The van der Waals surface area contributed by atoms with Gasteiger partial charge >= 0.3 is 11.6 Å². The van der Waals surface area contributed by atoms with Gasteiger partial charge in [0.2, 0.25) is 0 Å². The molecule has 0 saturated heterocycles. The van der Waals surface area contributed by atoms with E-state index in [9.17, 15) is 19.5 Å². The van der Waals surface area contributed by atoms with Crippen molar-refractivity contribution in [3.63, 3.8) is 0 Å². The van der Waals surface area contributed by atoms with E-state index in [2.05, 4.69) is 13.8 Å². The minimum Gasteiger partial charge on any atom is -0.462 e. The molecule has 5 rings (SSSR count). The third-order valence-electron chi connectivity index (χ3n) is 10.0. The SMILES string of the molecule is CC(=O)O[C@@H]1C[C@]2(C)[C@@H](c3ccc(=O)oc3)CC[C@]2(O)C2CC[C@@H]3CC(=O)CC[C@]3(C)C21. The molecule has 0 amide bonds. The van der Waals surface area contributed by atoms with Gasteiger partial charge in [-0.25, -0.2) is 4.79 Å². The molecule has 6 nitrogen and oxygen atoms in total. The summed E-state index contributed by atoms with van der Waals surface area (Å²) in [7, 11) is 0. The molecule has 4 fully saturated rings. The van der Waals surface area contributed by atoms with Crippen molar-refractivity contribution in [2.45, 2.75) is 89.8 Å². The van der Waals surface area contributed by atoms with E-state index in [-0.39, 0.29) is 46.8 Å². The number of carbonyl (C=O) groups excluding carboxylic acids is 2. The lowest BCUT2D eigenvalue weighted by Gasteiger charge is -2.64. The summed E-state index contributed by atoms with van der Waals surface area (Å²) in [5.74, 6) is 0.414. The Kier molecular flexibility index (Phi) is 4.97. The molecule has 1 N–H and O–H groups in total. The summed E-state index contributed by atoms with van der Waals surface area (Å²) in [4.78, 5) is 35.9. The summed E-state index contributed by atoms with van der Waals surface area (Å²) < 4.78 is 11.2. The number of esters is 1. The number of hydrogen-bond acceptors (Lipinski definition) is 6. The van der Waals surface area contributed by atoms with E-state index in [1.54, 1.807) is 0 Å². The number of aliphatic hydroxyl groups is 1. The van der Waals surface area contributed by atoms with Gasteiger partial charge in [0.15, 0.2) is 0 Å². The van der Waals surface area contributed by atoms with Crippen LogP contribution in [0.3, 0.4) is 0 Å². The molecule has 4 aliphatic carbocycles. The van der Waals surface area contributed by atoms with Crippen LogP contribution >= 0.6 is 0 Å². The third-order valence-corrected chi connectivity index (χ3v) is 10.0. The minimum absolute atomic E-state index is 0.0146. The van der Waals surface area contributed by atoms with Crippen LogP contribution in [0, 0.1) is 28.6 Å². The van der Waals surface area contributed by atoms with Crippen LogP contribution in [-0.2, 0) is 14.3 Å². The summed E-state index contributed by atoms with van der Waals surface area (Å²) in [5.41, 5.74) is -0.962. The first-order valence-corrected chi connectivity index (χ1v) is 12.1. The third kappa shape index (κ3) is 2.98. The first kappa shape index (κ1) is 21.9. The van der Waals surface area contributed by atoms with Crippen LogP contribution in [0.5, 0.6) is 0 Å². The van der Waals surface area contributed by atoms with Gasteiger partial charge in [0.1, 0.15) is 11.9 Å². The van der Waals surface area contributed by atoms with E-state index >= 15 is 0 Å². The Morgan fingerprint density at radius 1 is 1.16 bits per heavy atom. The highest BCUT2D eigenvalue weighted by Gasteiger charge is 2.70. The standard InChI is InChI=1S/C26H34O6/c1-15(27)32-21-13-25(3)19(16-4-7-22(29)31-14-16)9-11-26(25,30)20-6-5-17-12-18(28)8-10-24(17,2)23(20)21/h4,7,14,17,19-21,23,30H,5-6,8-13H2,1-3H3/t17-,19-,20?,21-,23?,24+,25-,26+/m1/s1. The molecule has 1 aromatic heterocycles. The number of Topliss-reactive ketones (excluding diaryl/α,β-unsaturated/α-hetero) is 1. The predicted octanol–water partition coefficient (Wildman–Crippen LogP) is 3.99. The predicted molar refractivity (Wildman–Crippen MR) is 117 cm³/mol. The van der Waals surface area contributed by atoms with Crippen LogP contribution in [0.4, 0.5) is 0 Å². The Balaban J connectivity index is 1.58. The van der Waals surface area contributed by atoms with Gasteiger partial charge in [0, 0.05) is 37.2 Å². The maximum absolute atomic E-state index is 12.4. The number of fused-ring (bicyclic) bond motifs is 5. The van der Waals surface area contributed by atoms with E-state index in [0.717, 1.165) is 31.2 Å². The molecule has 6 heteroatoms.